The van der Waals surface area contributed by atoms with Crippen LogP contribution in [0.25, 0.3) is 0 Å². The molecule has 1 aliphatic heterocycles. The SMILES string of the molecule is C1=[N+](CCCCn2ccnc2)CCc2ccccc21. The molecule has 1 aromatic carbocycles. The maximum atomic E-state index is 4.06. The van der Waals surface area contributed by atoms with Crippen LogP contribution >= 0.6 is 0 Å². The van der Waals surface area contributed by atoms with Crippen molar-refractivity contribution in [2.75, 3.05) is 13.1 Å². The number of nitrogens with zero attached hydrogens (tertiary/aromatic N) is 3. The largest absolute Gasteiger partial charge is 0.337 e. The average Bonchev–Trinajstić information content (AvgIpc) is 2.97. The summed E-state index contributed by atoms with van der Waals surface area (Å²) in [5.41, 5.74) is 2.88. The van der Waals surface area contributed by atoms with E-state index in [1.807, 2.05) is 18.7 Å². The molecule has 0 N–H and O–H groups in total. The minimum absolute atomic E-state index is 1.07. The van der Waals surface area contributed by atoms with E-state index in [0.717, 1.165) is 19.6 Å². The van der Waals surface area contributed by atoms with E-state index in [1.165, 1.54) is 30.4 Å². The van der Waals surface area contributed by atoms with Crippen molar-refractivity contribution in [1.29, 1.82) is 0 Å². The Labute approximate surface area is 114 Å². The number of benzene rings is 1. The number of unbranched alkanes of at least 4 members (excludes halogenated alkanes) is 1. The van der Waals surface area contributed by atoms with E-state index in [4.69, 9.17) is 0 Å². The van der Waals surface area contributed by atoms with Crippen LogP contribution in [0.1, 0.15) is 24.0 Å². The summed E-state index contributed by atoms with van der Waals surface area (Å²) in [6.45, 7) is 3.38. The maximum absolute atomic E-state index is 4.06. The molecule has 1 aromatic heterocycles. The normalized spacial score (nSPS) is 14.0. The van der Waals surface area contributed by atoms with Crippen molar-refractivity contribution in [3.8, 4) is 0 Å². The predicted octanol–water partition coefficient (Wildman–Crippen LogP) is 2.35. The molecular formula is C16H20N3+. The Balaban J connectivity index is 1.50. The first-order chi connectivity index (χ1) is 9.42. The summed E-state index contributed by atoms with van der Waals surface area (Å²) >= 11 is 0. The Morgan fingerprint density at radius 2 is 2.16 bits per heavy atom. The van der Waals surface area contributed by atoms with Crippen molar-refractivity contribution in [3.05, 3.63) is 54.1 Å². The van der Waals surface area contributed by atoms with E-state index in [1.54, 1.807) is 0 Å². The zero-order chi connectivity index (χ0) is 12.9. The second kappa shape index (κ2) is 5.83. The minimum atomic E-state index is 1.07. The Hall–Kier alpha value is -1.90. The van der Waals surface area contributed by atoms with E-state index in [9.17, 15) is 0 Å². The van der Waals surface area contributed by atoms with Crippen LogP contribution in [-0.4, -0.2) is 33.4 Å². The summed E-state index contributed by atoms with van der Waals surface area (Å²) in [7, 11) is 0. The highest BCUT2D eigenvalue weighted by molar-refractivity contribution is 5.78. The van der Waals surface area contributed by atoms with Crippen molar-refractivity contribution in [1.82, 2.24) is 9.55 Å². The van der Waals surface area contributed by atoms with Crippen LogP contribution in [0.5, 0.6) is 0 Å². The van der Waals surface area contributed by atoms with Crippen LogP contribution in [0.15, 0.2) is 43.0 Å². The van der Waals surface area contributed by atoms with E-state index in [-0.39, 0.29) is 0 Å². The summed E-state index contributed by atoms with van der Waals surface area (Å²) in [4.78, 5) is 4.06. The lowest BCUT2D eigenvalue weighted by molar-refractivity contribution is -0.524. The molecule has 0 amide bonds. The summed E-state index contributed by atoms with van der Waals surface area (Å²) in [5, 5.41) is 0. The van der Waals surface area contributed by atoms with Gasteiger partial charge in [-0.2, -0.15) is 0 Å². The van der Waals surface area contributed by atoms with Gasteiger partial charge in [-0.3, -0.25) is 0 Å². The average molecular weight is 254 g/mol. The highest BCUT2D eigenvalue weighted by Crippen LogP contribution is 2.11. The first kappa shape index (κ1) is 12.2. The Kier molecular flexibility index (Phi) is 3.73. The van der Waals surface area contributed by atoms with Gasteiger partial charge < -0.3 is 4.57 Å². The van der Waals surface area contributed by atoms with Gasteiger partial charge in [-0.1, -0.05) is 18.2 Å². The predicted molar refractivity (Wildman–Crippen MR) is 76.8 cm³/mol. The second-order valence-corrected chi connectivity index (χ2v) is 5.12. The maximum Gasteiger partial charge on any atom is 0.170 e. The fraction of sp³-hybridized carbons (Fsp3) is 0.375. The summed E-state index contributed by atoms with van der Waals surface area (Å²) in [6, 6.07) is 8.71. The standard InChI is InChI=1S/C16H20N3/c1-2-6-16-13-18(11-7-15(16)5-1)9-3-4-10-19-12-8-17-14-19/h1-2,5-6,8,12-14H,3-4,7,9-11H2/q+1. The van der Waals surface area contributed by atoms with E-state index in [0.29, 0.717) is 0 Å². The smallest absolute Gasteiger partial charge is 0.170 e. The van der Waals surface area contributed by atoms with Crippen LogP contribution in [0.2, 0.25) is 0 Å². The lowest BCUT2D eigenvalue weighted by atomic mass is 10.0. The number of aromatic nitrogens is 2. The molecule has 1 aliphatic rings. The minimum Gasteiger partial charge on any atom is -0.337 e. The number of imidazole rings is 1. The third-order valence-corrected chi connectivity index (χ3v) is 3.72. The highest BCUT2D eigenvalue weighted by Gasteiger charge is 2.14. The molecule has 2 heterocycles. The molecule has 3 nitrogen and oxygen atoms in total. The molecule has 0 spiro atoms. The van der Waals surface area contributed by atoms with Crippen LogP contribution < -0.4 is 0 Å². The van der Waals surface area contributed by atoms with Crippen LogP contribution in [0, 0.1) is 0 Å². The topological polar surface area (TPSA) is 20.8 Å². The van der Waals surface area contributed by atoms with Crippen LogP contribution in [-0.2, 0) is 13.0 Å². The Morgan fingerprint density at radius 1 is 1.21 bits per heavy atom. The zero-order valence-electron chi connectivity index (χ0n) is 11.2. The first-order valence-corrected chi connectivity index (χ1v) is 7.04. The lowest BCUT2D eigenvalue weighted by Crippen LogP contribution is -2.23. The molecule has 0 saturated carbocycles. The third-order valence-electron chi connectivity index (χ3n) is 3.72. The third kappa shape index (κ3) is 3.11. The number of fused-ring (bicyclic) bond motifs is 1. The van der Waals surface area contributed by atoms with Crippen LogP contribution in [0.4, 0.5) is 0 Å². The van der Waals surface area contributed by atoms with Gasteiger partial charge in [0.2, 0.25) is 0 Å². The Bertz CT molecular complexity index is 555. The Morgan fingerprint density at radius 3 is 3.05 bits per heavy atom. The number of hydrogen-bond acceptors (Lipinski definition) is 1. The van der Waals surface area contributed by atoms with Crippen molar-refractivity contribution >= 4 is 6.21 Å². The molecule has 0 fully saturated rings. The second-order valence-electron chi connectivity index (χ2n) is 5.12. The first-order valence-electron chi connectivity index (χ1n) is 7.04. The molecule has 3 rings (SSSR count). The van der Waals surface area contributed by atoms with E-state index < -0.39 is 0 Å². The van der Waals surface area contributed by atoms with Crippen molar-refractivity contribution in [2.45, 2.75) is 25.8 Å². The highest BCUT2D eigenvalue weighted by atomic mass is 15.0. The van der Waals surface area contributed by atoms with Gasteiger partial charge in [0, 0.05) is 37.3 Å². The van der Waals surface area contributed by atoms with Crippen molar-refractivity contribution in [3.63, 3.8) is 0 Å². The monoisotopic (exact) mass is 254 g/mol. The fourth-order valence-electron chi connectivity index (χ4n) is 2.62. The van der Waals surface area contributed by atoms with Crippen LogP contribution in [0.3, 0.4) is 0 Å². The van der Waals surface area contributed by atoms with Gasteiger partial charge in [0.25, 0.3) is 0 Å². The molecule has 0 bridgehead atoms. The number of aryl methyl sites for hydroxylation is 1. The molecule has 98 valence electrons. The number of rotatable bonds is 5. The molecular weight excluding hydrogens is 234 g/mol. The molecule has 19 heavy (non-hydrogen) atoms. The molecule has 0 saturated heterocycles. The van der Waals surface area contributed by atoms with Gasteiger partial charge in [-0.15, -0.1) is 0 Å². The number of hydrogen-bond donors (Lipinski definition) is 0. The van der Waals surface area contributed by atoms with Gasteiger partial charge in [0.15, 0.2) is 6.21 Å². The quantitative estimate of drug-likeness (QED) is 0.592. The van der Waals surface area contributed by atoms with E-state index in [2.05, 4.69) is 44.6 Å². The van der Waals surface area contributed by atoms with Crippen molar-refractivity contribution < 1.29 is 4.58 Å². The molecule has 3 heteroatoms. The van der Waals surface area contributed by atoms with Gasteiger partial charge in [0.05, 0.1) is 6.33 Å². The van der Waals surface area contributed by atoms with Crippen molar-refractivity contribution in [2.24, 2.45) is 0 Å². The molecule has 0 aliphatic carbocycles. The summed E-state index contributed by atoms with van der Waals surface area (Å²) in [6.07, 6.45) is 11.7. The van der Waals surface area contributed by atoms with Gasteiger partial charge in [-0.05, 0) is 18.1 Å². The molecule has 0 atom stereocenters. The summed E-state index contributed by atoms with van der Waals surface area (Å²) in [5.74, 6) is 0. The zero-order valence-corrected chi connectivity index (χ0v) is 11.2. The fourth-order valence-corrected chi connectivity index (χ4v) is 2.62. The van der Waals surface area contributed by atoms with E-state index >= 15 is 0 Å². The molecule has 0 radical (unpaired) electrons. The lowest BCUT2D eigenvalue weighted by Gasteiger charge is -2.12. The van der Waals surface area contributed by atoms with Gasteiger partial charge in [0.1, 0.15) is 13.1 Å². The molecule has 0 unspecified atom stereocenters. The summed E-state index contributed by atoms with van der Waals surface area (Å²) < 4.78 is 4.60. The van der Waals surface area contributed by atoms with Gasteiger partial charge in [-0.25, -0.2) is 9.56 Å². The molecule has 2 aromatic rings. The van der Waals surface area contributed by atoms with Gasteiger partial charge >= 0.3 is 0 Å².